The molecule has 3 rings (SSSR count). The number of halogens is 3. The van der Waals surface area contributed by atoms with E-state index in [0.717, 1.165) is 11.8 Å². The van der Waals surface area contributed by atoms with Crippen LogP contribution in [0.1, 0.15) is 35.5 Å². The molecule has 1 saturated heterocycles. The Kier molecular flexibility index (Phi) is 7.82. The lowest BCUT2D eigenvalue weighted by Crippen LogP contribution is -2.58. The maximum absolute atomic E-state index is 12.8. The smallest absolute Gasteiger partial charge is 0.388 e. The van der Waals surface area contributed by atoms with Crippen LogP contribution in [0.2, 0.25) is 0 Å². The second kappa shape index (κ2) is 10.4. The number of ether oxygens (including phenoxy) is 1. The van der Waals surface area contributed by atoms with Crippen LogP contribution in [0.25, 0.3) is 0 Å². The number of nitrogens with one attached hydrogen (secondary N) is 2. The molecule has 1 fully saturated rings. The van der Waals surface area contributed by atoms with E-state index in [9.17, 15) is 28.2 Å². The van der Waals surface area contributed by atoms with Gasteiger partial charge < -0.3 is 25.6 Å². The lowest BCUT2D eigenvalue weighted by molar-refractivity contribution is -0.141. The first kappa shape index (κ1) is 24.8. The Hall–Kier alpha value is -2.83. The molecular formula is C21H26F3N5O4. The summed E-state index contributed by atoms with van der Waals surface area (Å²) in [7, 11) is 0. The van der Waals surface area contributed by atoms with Crippen LogP contribution in [0.15, 0.2) is 30.9 Å². The molecule has 4 N–H and O–H groups in total. The number of pyridine rings is 1. The Bertz CT molecular complexity index is 959. The minimum Gasteiger partial charge on any atom is -0.388 e. The lowest BCUT2D eigenvalue weighted by atomic mass is 9.97. The Morgan fingerprint density at radius 3 is 2.67 bits per heavy atom. The normalized spacial score (nSPS) is 23.4. The first-order valence-electron chi connectivity index (χ1n) is 10.4. The average molecular weight is 469 g/mol. The number of alkyl halides is 3. The van der Waals surface area contributed by atoms with Crippen molar-refractivity contribution in [1.82, 2.24) is 20.3 Å². The van der Waals surface area contributed by atoms with Gasteiger partial charge in [-0.2, -0.15) is 13.2 Å². The van der Waals surface area contributed by atoms with Crippen LogP contribution in [0.3, 0.4) is 0 Å². The number of anilines is 1. The van der Waals surface area contributed by atoms with E-state index >= 15 is 0 Å². The summed E-state index contributed by atoms with van der Waals surface area (Å²) in [6, 6.07) is 0.679. The molecule has 0 saturated carbocycles. The molecule has 180 valence electrons. The van der Waals surface area contributed by atoms with Gasteiger partial charge in [0.05, 0.1) is 25.0 Å². The van der Waals surface area contributed by atoms with E-state index in [4.69, 9.17) is 4.74 Å². The van der Waals surface area contributed by atoms with Gasteiger partial charge in [0, 0.05) is 24.5 Å². The van der Waals surface area contributed by atoms with Gasteiger partial charge in [-0.15, -0.1) is 0 Å². The summed E-state index contributed by atoms with van der Waals surface area (Å²) in [6.07, 6.45) is -2.88. The Morgan fingerprint density at radius 1 is 1.21 bits per heavy atom. The first-order valence-corrected chi connectivity index (χ1v) is 10.4. The Labute approximate surface area is 188 Å². The van der Waals surface area contributed by atoms with Gasteiger partial charge in [-0.1, -0.05) is 13.8 Å². The molecule has 4 atom stereocenters. The molecule has 0 spiro atoms. The average Bonchev–Trinajstić information content (AvgIpc) is 2.76. The maximum atomic E-state index is 12.8. The highest BCUT2D eigenvalue weighted by atomic mass is 19.4. The van der Waals surface area contributed by atoms with Gasteiger partial charge in [-0.05, 0) is 24.0 Å². The van der Waals surface area contributed by atoms with E-state index in [1.165, 1.54) is 6.20 Å². The third kappa shape index (κ3) is 6.36. The minimum atomic E-state index is -4.67. The van der Waals surface area contributed by atoms with E-state index in [0.29, 0.717) is 24.1 Å². The van der Waals surface area contributed by atoms with Crippen molar-refractivity contribution in [3.05, 3.63) is 47.7 Å². The number of aromatic nitrogens is 3. The van der Waals surface area contributed by atoms with Crippen molar-refractivity contribution in [3.8, 4) is 0 Å². The number of nitrogens with zero attached hydrogens (tertiary/aromatic N) is 3. The van der Waals surface area contributed by atoms with Crippen LogP contribution in [0, 0.1) is 5.92 Å². The molecule has 2 aromatic rings. The van der Waals surface area contributed by atoms with Crippen molar-refractivity contribution < 1.29 is 32.9 Å². The summed E-state index contributed by atoms with van der Waals surface area (Å²) < 4.78 is 44.0. The summed E-state index contributed by atoms with van der Waals surface area (Å²) in [5.74, 6) is -0.255. The van der Waals surface area contributed by atoms with Crippen molar-refractivity contribution in [2.45, 2.75) is 50.8 Å². The summed E-state index contributed by atoms with van der Waals surface area (Å²) in [4.78, 5) is 23.6. The summed E-state index contributed by atoms with van der Waals surface area (Å²) in [6.45, 7) is 3.84. The third-order valence-corrected chi connectivity index (χ3v) is 5.13. The Balaban J connectivity index is 1.58. The molecule has 2 aromatic heterocycles. The monoisotopic (exact) mass is 469 g/mol. The third-order valence-electron chi connectivity index (χ3n) is 5.13. The van der Waals surface area contributed by atoms with Crippen molar-refractivity contribution >= 4 is 11.7 Å². The van der Waals surface area contributed by atoms with Crippen molar-refractivity contribution in [2.24, 2.45) is 5.92 Å². The lowest BCUT2D eigenvalue weighted by Gasteiger charge is -2.38. The number of aliphatic hydroxyl groups is 2. The molecule has 0 aromatic carbocycles. The predicted octanol–water partition coefficient (Wildman–Crippen LogP) is 1.42. The molecule has 12 heteroatoms. The van der Waals surface area contributed by atoms with E-state index in [2.05, 4.69) is 25.6 Å². The fourth-order valence-electron chi connectivity index (χ4n) is 3.49. The Morgan fingerprint density at radius 2 is 1.97 bits per heavy atom. The molecule has 0 radical (unpaired) electrons. The van der Waals surface area contributed by atoms with Crippen molar-refractivity contribution in [2.75, 3.05) is 18.5 Å². The van der Waals surface area contributed by atoms with Gasteiger partial charge in [-0.25, -0.2) is 4.98 Å². The number of rotatable bonds is 7. The van der Waals surface area contributed by atoms with Gasteiger partial charge in [0.1, 0.15) is 24.1 Å². The SMILES string of the molecule is CC(C)Cc1cnccc1C(=O)NC[C@H]1OC[C@H](Nc2cncc(C(F)(F)F)n2)[C@@H](O)[C@H]1O. The molecule has 0 bridgehead atoms. The quantitative estimate of drug-likeness (QED) is 0.479. The summed E-state index contributed by atoms with van der Waals surface area (Å²) >= 11 is 0. The summed E-state index contributed by atoms with van der Waals surface area (Å²) in [5.41, 5.74) is 0.0709. The van der Waals surface area contributed by atoms with Crippen LogP contribution in [0.4, 0.5) is 19.0 Å². The van der Waals surface area contributed by atoms with Crippen molar-refractivity contribution in [3.63, 3.8) is 0 Å². The maximum Gasteiger partial charge on any atom is 0.434 e. The van der Waals surface area contributed by atoms with Gasteiger partial charge in [-0.3, -0.25) is 14.8 Å². The number of amides is 1. The van der Waals surface area contributed by atoms with Crippen LogP contribution in [-0.2, 0) is 17.3 Å². The standard InChI is InChI=1S/C21H26F3N5O4/c1-11(2)5-12-6-25-4-3-13(12)20(32)27-7-15-19(31)18(30)14(10-33-15)28-17-9-26-8-16(29-17)21(22,23)24/h3-4,6,8-9,11,14-15,18-19,30-31H,5,7,10H2,1-2H3,(H,27,32)(H,28,29)/t14-,15+,18+,19-/m0/s1. The zero-order valence-corrected chi connectivity index (χ0v) is 18.1. The second-order valence-electron chi connectivity index (χ2n) is 8.23. The highest BCUT2D eigenvalue weighted by Gasteiger charge is 2.39. The molecular weight excluding hydrogens is 443 g/mol. The fraction of sp³-hybridized carbons (Fsp3) is 0.524. The predicted molar refractivity (Wildman–Crippen MR) is 111 cm³/mol. The zero-order chi connectivity index (χ0) is 24.2. The molecule has 9 nitrogen and oxygen atoms in total. The van der Waals surface area contributed by atoms with Gasteiger partial charge in [0.2, 0.25) is 0 Å². The minimum absolute atomic E-state index is 0.0728. The largest absolute Gasteiger partial charge is 0.434 e. The molecule has 1 aliphatic heterocycles. The van der Waals surface area contributed by atoms with E-state index in [-0.39, 0.29) is 24.9 Å². The molecule has 33 heavy (non-hydrogen) atoms. The zero-order valence-electron chi connectivity index (χ0n) is 18.1. The molecule has 1 amide bonds. The number of carbonyl (C=O) groups excluding carboxylic acids is 1. The number of carbonyl (C=O) groups is 1. The molecule has 1 aliphatic rings. The first-order chi connectivity index (χ1) is 15.6. The van der Waals surface area contributed by atoms with Crippen LogP contribution >= 0.6 is 0 Å². The summed E-state index contributed by atoms with van der Waals surface area (Å²) in [5, 5.41) is 26.2. The van der Waals surface area contributed by atoms with Crippen LogP contribution in [-0.4, -0.2) is 68.6 Å². The number of hydrogen-bond acceptors (Lipinski definition) is 8. The molecule has 3 heterocycles. The van der Waals surface area contributed by atoms with Gasteiger partial charge >= 0.3 is 6.18 Å². The fourth-order valence-corrected chi connectivity index (χ4v) is 3.49. The highest BCUT2D eigenvalue weighted by molar-refractivity contribution is 5.95. The van der Waals surface area contributed by atoms with E-state index in [1.807, 2.05) is 13.8 Å². The molecule has 0 aliphatic carbocycles. The van der Waals surface area contributed by atoms with E-state index < -0.39 is 36.2 Å². The highest BCUT2D eigenvalue weighted by Crippen LogP contribution is 2.28. The van der Waals surface area contributed by atoms with E-state index in [1.54, 1.807) is 12.3 Å². The number of aliphatic hydroxyl groups excluding tert-OH is 2. The topological polar surface area (TPSA) is 129 Å². The van der Waals surface area contributed by atoms with Gasteiger partial charge in [0.15, 0.2) is 5.69 Å². The van der Waals surface area contributed by atoms with Gasteiger partial charge in [0.25, 0.3) is 5.91 Å². The second-order valence-corrected chi connectivity index (χ2v) is 8.23. The number of hydrogen-bond donors (Lipinski definition) is 4. The van der Waals surface area contributed by atoms with Crippen LogP contribution < -0.4 is 10.6 Å². The molecule has 0 unspecified atom stereocenters. The van der Waals surface area contributed by atoms with Crippen molar-refractivity contribution in [1.29, 1.82) is 0 Å². The van der Waals surface area contributed by atoms with Crippen LogP contribution in [0.5, 0.6) is 0 Å².